The van der Waals surface area contributed by atoms with Crippen molar-refractivity contribution in [3.05, 3.63) is 53.0 Å². The third-order valence-corrected chi connectivity index (χ3v) is 3.63. The van der Waals surface area contributed by atoms with Gasteiger partial charge in [-0.25, -0.2) is 9.78 Å². The van der Waals surface area contributed by atoms with Crippen LogP contribution in [0.3, 0.4) is 0 Å². The van der Waals surface area contributed by atoms with E-state index in [0.717, 1.165) is 22.2 Å². The monoisotopic (exact) mass is 288 g/mol. The topological polar surface area (TPSA) is 52.1 Å². The lowest BCUT2D eigenvalue weighted by Gasteiger charge is -2.04. The highest BCUT2D eigenvalue weighted by Crippen LogP contribution is 2.21. The van der Waals surface area contributed by atoms with E-state index in [0.29, 0.717) is 5.56 Å². The van der Waals surface area contributed by atoms with Crippen LogP contribution in [0, 0.1) is 13.8 Å². The first-order valence-corrected chi connectivity index (χ1v) is 7.18. The second-order valence-corrected chi connectivity index (χ2v) is 5.44. The van der Waals surface area contributed by atoms with Crippen LogP contribution >= 0.6 is 11.8 Å². The number of hydrogen-bond acceptors (Lipinski definition) is 5. The lowest BCUT2D eigenvalue weighted by atomic mass is 10.2. The van der Waals surface area contributed by atoms with Crippen LogP contribution in [0.2, 0.25) is 0 Å². The van der Waals surface area contributed by atoms with E-state index in [1.54, 1.807) is 17.8 Å². The lowest BCUT2D eigenvalue weighted by molar-refractivity contribution is 0.0600. The second-order valence-electron chi connectivity index (χ2n) is 4.44. The molecule has 2 heterocycles. The van der Waals surface area contributed by atoms with E-state index < -0.39 is 0 Å². The first-order valence-electron chi connectivity index (χ1n) is 6.20. The fourth-order valence-electron chi connectivity index (χ4n) is 1.77. The van der Waals surface area contributed by atoms with Crippen LogP contribution in [0.1, 0.15) is 27.3 Å². The van der Waals surface area contributed by atoms with Gasteiger partial charge in [0.05, 0.1) is 23.4 Å². The number of hydrogen-bond donors (Lipinski definition) is 0. The van der Waals surface area contributed by atoms with Crippen molar-refractivity contribution in [2.24, 2.45) is 0 Å². The summed E-state index contributed by atoms with van der Waals surface area (Å²) in [5.41, 5.74) is 3.59. The zero-order chi connectivity index (χ0) is 14.5. The van der Waals surface area contributed by atoms with Crippen molar-refractivity contribution >= 4 is 17.7 Å². The van der Waals surface area contributed by atoms with Crippen LogP contribution < -0.4 is 0 Å². The van der Waals surface area contributed by atoms with Gasteiger partial charge in [0.15, 0.2) is 0 Å². The summed E-state index contributed by atoms with van der Waals surface area (Å²) in [5.74, 6) is 0.352. The van der Waals surface area contributed by atoms with E-state index in [1.807, 2.05) is 19.1 Å². The normalized spacial score (nSPS) is 10.3. The predicted octanol–water partition coefficient (Wildman–Crippen LogP) is 3.17. The molecule has 0 N–H and O–H groups in total. The molecule has 2 rings (SSSR count). The van der Waals surface area contributed by atoms with Crippen LogP contribution in [-0.4, -0.2) is 23.0 Å². The quantitative estimate of drug-likeness (QED) is 0.639. The van der Waals surface area contributed by atoms with Crippen LogP contribution in [0.5, 0.6) is 0 Å². The van der Waals surface area contributed by atoms with Gasteiger partial charge in [-0.15, -0.1) is 11.8 Å². The van der Waals surface area contributed by atoms with E-state index >= 15 is 0 Å². The summed E-state index contributed by atoms with van der Waals surface area (Å²) in [4.78, 5) is 20.0. The van der Waals surface area contributed by atoms with Gasteiger partial charge in [-0.1, -0.05) is 0 Å². The molecule has 0 aromatic carbocycles. The number of methoxy groups -OCH3 is 1. The second kappa shape index (κ2) is 6.52. The molecule has 0 unspecified atom stereocenters. The molecule has 0 aliphatic heterocycles. The SMILES string of the molecule is COC(=O)c1ccc(CSc2cc(C)cc(C)n2)nc1. The molecule has 0 saturated heterocycles. The Morgan fingerprint density at radius 3 is 2.70 bits per heavy atom. The summed E-state index contributed by atoms with van der Waals surface area (Å²) in [6.45, 7) is 4.04. The largest absolute Gasteiger partial charge is 0.465 e. The molecule has 0 amide bonds. The third-order valence-electron chi connectivity index (χ3n) is 2.69. The Hall–Kier alpha value is -1.88. The summed E-state index contributed by atoms with van der Waals surface area (Å²) in [6.07, 6.45) is 1.54. The van der Waals surface area contributed by atoms with Gasteiger partial charge in [0.25, 0.3) is 0 Å². The summed E-state index contributed by atoms with van der Waals surface area (Å²) in [7, 11) is 1.36. The van der Waals surface area contributed by atoms with Crippen LogP contribution in [0.15, 0.2) is 35.5 Å². The van der Waals surface area contributed by atoms with Crippen LogP contribution in [0.25, 0.3) is 0 Å². The van der Waals surface area contributed by atoms with Gasteiger partial charge in [0, 0.05) is 17.6 Å². The van der Waals surface area contributed by atoms with Crippen molar-refractivity contribution < 1.29 is 9.53 Å². The molecular formula is C15H16N2O2S. The maximum Gasteiger partial charge on any atom is 0.339 e. The molecule has 0 fully saturated rings. The van der Waals surface area contributed by atoms with Gasteiger partial charge in [-0.05, 0) is 43.7 Å². The molecule has 4 nitrogen and oxygen atoms in total. The standard InChI is InChI=1S/C15H16N2O2S/c1-10-6-11(2)17-14(7-10)20-9-13-5-4-12(8-16-13)15(18)19-3/h4-8H,9H2,1-3H3. The smallest absolute Gasteiger partial charge is 0.339 e. The molecule has 2 aromatic rings. The van der Waals surface area contributed by atoms with Crippen molar-refractivity contribution in [2.45, 2.75) is 24.6 Å². The number of aryl methyl sites for hydroxylation is 2. The first kappa shape index (κ1) is 14.5. The van der Waals surface area contributed by atoms with Crippen molar-refractivity contribution in [1.29, 1.82) is 0 Å². The van der Waals surface area contributed by atoms with Gasteiger partial charge in [0.2, 0.25) is 0 Å². The number of rotatable bonds is 4. The van der Waals surface area contributed by atoms with Gasteiger partial charge in [-0.2, -0.15) is 0 Å². The Morgan fingerprint density at radius 1 is 1.30 bits per heavy atom. The van der Waals surface area contributed by atoms with Crippen LogP contribution in [0.4, 0.5) is 0 Å². The average Bonchev–Trinajstić information content (AvgIpc) is 2.44. The van der Waals surface area contributed by atoms with E-state index in [9.17, 15) is 4.79 Å². The number of carbonyl (C=O) groups excluding carboxylic acids is 1. The Labute approximate surface area is 122 Å². The molecule has 20 heavy (non-hydrogen) atoms. The Kier molecular flexibility index (Phi) is 4.74. The number of pyridine rings is 2. The van der Waals surface area contributed by atoms with E-state index in [2.05, 4.69) is 27.7 Å². The van der Waals surface area contributed by atoms with Gasteiger partial charge in [-0.3, -0.25) is 4.98 Å². The Morgan fingerprint density at radius 2 is 2.10 bits per heavy atom. The van der Waals surface area contributed by atoms with Gasteiger partial charge >= 0.3 is 5.97 Å². The van der Waals surface area contributed by atoms with Crippen molar-refractivity contribution in [3.8, 4) is 0 Å². The predicted molar refractivity (Wildman–Crippen MR) is 78.8 cm³/mol. The highest BCUT2D eigenvalue weighted by Gasteiger charge is 2.06. The highest BCUT2D eigenvalue weighted by molar-refractivity contribution is 7.98. The minimum Gasteiger partial charge on any atom is -0.465 e. The number of ether oxygens (including phenoxy) is 1. The fraction of sp³-hybridized carbons (Fsp3) is 0.267. The summed E-state index contributed by atoms with van der Waals surface area (Å²) in [5, 5.41) is 0.987. The van der Waals surface area contributed by atoms with Gasteiger partial charge in [0.1, 0.15) is 0 Å². The molecule has 104 valence electrons. The molecule has 0 aliphatic carbocycles. The minimum atomic E-state index is -0.368. The number of aromatic nitrogens is 2. The van der Waals surface area contributed by atoms with E-state index in [4.69, 9.17) is 0 Å². The summed E-state index contributed by atoms with van der Waals surface area (Å²) in [6, 6.07) is 7.67. The van der Waals surface area contributed by atoms with Crippen molar-refractivity contribution in [3.63, 3.8) is 0 Å². The molecule has 0 spiro atoms. The molecule has 2 aromatic heterocycles. The lowest BCUT2D eigenvalue weighted by Crippen LogP contribution is -2.02. The Bertz CT molecular complexity index is 592. The number of thioether (sulfide) groups is 1. The van der Waals surface area contributed by atoms with E-state index in [-0.39, 0.29) is 5.97 Å². The third kappa shape index (κ3) is 3.81. The van der Waals surface area contributed by atoms with Crippen LogP contribution in [-0.2, 0) is 10.5 Å². The van der Waals surface area contributed by atoms with Crippen molar-refractivity contribution in [1.82, 2.24) is 9.97 Å². The fourth-order valence-corrected chi connectivity index (χ4v) is 2.72. The van der Waals surface area contributed by atoms with E-state index in [1.165, 1.54) is 18.9 Å². The maximum atomic E-state index is 11.3. The highest BCUT2D eigenvalue weighted by atomic mass is 32.2. The molecule has 0 atom stereocenters. The zero-order valence-corrected chi connectivity index (χ0v) is 12.5. The zero-order valence-electron chi connectivity index (χ0n) is 11.7. The summed E-state index contributed by atoms with van der Waals surface area (Å²) >= 11 is 1.63. The van der Waals surface area contributed by atoms with Gasteiger partial charge < -0.3 is 4.74 Å². The molecule has 0 aliphatic rings. The number of nitrogens with zero attached hydrogens (tertiary/aromatic N) is 2. The Balaban J connectivity index is 2.02. The van der Waals surface area contributed by atoms with Crippen molar-refractivity contribution in [2.75, 3.05) is 7.11 Å². The summed E-state index contributed by atoms with van der Waals surface area (Å²) < 4.78 is 4.64. The molecule has 0 saturated carbocycles. The first-order chi connectivity index (χ1) is 9.58. The number of carbonyl (C=O) groups is 1. The molecular weight excluding hydrogens is 272 g/mol. The molecule has 5 heteroatoms. The minimum absolute atomic E-state index is 0.368. The molecule has 0 bridgehead atoms. The molecule has 0 radical (unpaired) electrons. The number of esters is 1. The maximum absolute atomic E-state index is 11.3. The average molecular weight is 288 g/mol.